The van der Waals surface area contributed by atoms with Gasteiger partial charge < -0.3 is 16.2 Å². The molecule has 1 rings (SSSR count). The Balaban J connectivity index is 2.87. The molecule has 102 valence electrons. The first kappa shape index (κ1) is 14.6. The van der Waals surface area contributed by atoms with Gasteiger partial charge in [-0.1, -0.05) is 0 Å². The van der Waals surface area contributed by atoms with Crippen molar-refractivity contribution in [2.24, 2.45) is 5.73 Å². The predicted molar refractivity (Wildman–Crippen MR) is 59.1 cm³/mol. The molecule has 2 amide bonds. The number of hydrogen-bond donors (Lipinski definition) is 3. The molecule has 0 bridgehead atoms. The first-order valence-corrected chi connectivity index (χ1v) is 5.08. The van der Waals surface area contributed by atoms with Gasteiger partial charge in [-0.3, -0.25) is 9.59 Å². The van der Waals surface area contributed by atoms with Crippen LogP contribution < -0.4 is 11.1 Å². The second-order valence-corrected chi connectivity index (χ2v) is 3.66. The second-order valence-electron chi connectivity index (χ2n) is 3.66. The van der Waals surface area contributed by atoms with Gasteiger partial charge in [0.2, 0.25) is 5.91 Å². The fourth-order valence-corrected chi connectivity index (χ4v) is 1.31. The van der Waals surface area contributed by atoms with Crippen LogP contribution >= 0.6 is 0 Å². The zero-order valence-electron chi connectivity index (χ0n) is 9.52. The maximum absolute atomic E-state index is 13.3. The van der Waals surface area contributed by atoms with Crippen molar-refractivity contribution in [2.45, 2.75) is 12.5 Å². The molecule has 19 heavy (non-hydrogen) atoms. The van der Waals surface area contributed by atoms with Crippen LogP contribution in [0.4, 0.5) is 8.78 Å². The monoisotopic (exact) mass is 272 g/mol. The second kappa shape index (κ2) is 5.89. The highest BCUT2D eigenvalue weighted by atomic mass is 19.1. The van der Waals surface area contributed by atoms with E-state index in [-0.39, 0.29) is 0 Å². The van der Waals surface area contributed by atoms with Crippen LogP contribution in [-0.2, 0) is 9.59 Å². The smallest absolute Gasteiger partial charge is 0.326 e. The Morgan fingerprint density at radius 1 is 1.32 bits per heavy atom. The summed E-state index contributed by atoms with van der Waals surface area (Å²) in [5.41, 5.74) is 4.29. The Labute approximate surface area is 106 Å². The highest BCUT2D eigenvalue weighted by Crippen LogP contribution is 2.10. The minimum absolute atomic E-state index is 0.485. The molecule has 0 spiro atoms. The zero-order valence-corrected chi connectivity index (χ0v) is 9.52. The van der Waals surface area contributed by atoms with Gasteiger partial charge in [0.1, 0.15) is 17.7 Å². The van der Waals surface area contributed by atoms with E-state index in [1.54, 1.807) is 0 Å². The lowest BCUT2D eigenvalue weighted by atomic mass is 10.1. The Bertz CT molecular complexity index is 533. The van der Waals surface area contributed by atoms with Crippen LogP contribution in [-0.4, -0.2) is 28.9 Å². The first-order valence-electron chi connectivity index (χ1n) is 5.08. The molecule has 0 saturated heterocycles. The molecule has 1 aromatic rings. The highest BCUT2D eigenvalue weighted by Gasteiger charge is 2.24. The average Bonchev–Trinajstić information content (AvgIpc) is 2.26. The summed E-state index contributed by atoms with van der Waals surface area (Å²) in [4.78, 5) is 33.0. The maximum Gasteiger partial charge on any atom is 0.326 e. The maximum atomic E-state index is 13.3. The van der Waals surface area contributed by atoms with Gasteiger partial charge in [0.15, 0.2) is 0 Å². The Morgan fingerprint density at radius 3 is 2.42 bits per heavy atom. The predicted octanol–water partition coefficient (Wildman–Crippen LogP) is 0.0232. The van der Waals surface area contributed by atoms with Gasteiger partial charge in [-0.2, -0.15) is 0 Å². The van der Waals surface area contributed by atoms with Crippen molar-refractivity contribution < 1.29 is 28.3 Å². The third-order valence-electron chi connectivity index (χ3n) is 2.18. The van der Waals surface area contributed by atoms with Gasteiger partial charge in [0.25, 0.3) is 5.91 Å². The number of halogens is 2. The Morgan fingerprint density at radius 2 is 1.95 bits per heavy atom. The molecule has 4 N–H and O–H groups in total. The number of carboxylic acids is 1. The minimum atomic E-state index is -1.57. The number of carbonyl (C=O) groups excluding carboxylic acids is 2. The summed E-state index contributed by atoms with van der Waals surface area (Å²) in [6.45, 7) is 0. The number of nitrogens with two attached hydrogens (primary N) is 1. The lowest BCUT2D eigenvalue weighted by molar-refractivity contribution is -0.140. The van der Waals surface area contributed by atoms with Crippen molar-refractivity contribution in [3.63, 3.8) is 0 Å². The van der Waals surface area contributed by atoms with Gasteiger partial charge in [-0.05, 0) is 12.1 Å². The van der Waals surface area contributed by atoms with Crippen molar-refractivity contribution in [2.75, 3.05) is 0 Å². The summed E-state index contributed by atoms with van der Waals surface area (Å²) in [6, 6.07) is 0.624. The van der Waals surface area contributed by atoms with Gasteiger partial charge in [-0.15, -0.1) is 0 Å². The topological polar surface area (TPSA) is 109 Å². The normalized spacial score (nSPS) is 11.7. The number of hydrogen-bond acceptors (Lipinski definition) is 3. The quantitative estimate of drug-likeness (QED) is 0.702. The number of rotatable bonds is 5. The van der Waals surface area contributed by atoms with Crippen molar-refractivity contribution in [3.8, 4) is 0 Å². The molecule has 6 nitrogen and oxygen atoms in total. The van der Waals surface area contributed by atoms with E-state index in [9.17, 15) is 23.2 Å². The molecule has 0 aromatic heterocycles. The molecular formula is C11H10F2N2O4. The van der Waals surface area contributed by atoms with Crippen LogP contribution in [0.3, 0.4) is 0 Å². The lowest BCUT2D eigenvalue weighted by Crippen LogP contribution is -2.43. The third-order valence-corrected chi connectivity index (χ3v) is 2.18. The molecule has 8 heteroatoms. The average molecular weight is 272 g/mol. The highest BCUT2D eigenvalue weighted by molar-refractivity contribution is 5.97. The van der Waals surface area contributed by atoms with Crippen LogP contribution in [0, 0.1) is 11.6 Å². The standard InChI is InChI=1S/C11H10F2N2O4/c12-5-1-2-6(7(13)3-5)10(17)15-8(11(18)19)4-9(14)16/h1-3,8H,4H2,(H2,14,16)(H,15,17)(H,18,19)/t8-/m0/s1. The summed E-state index contributed by atoms with van der Waals surface area (Å²) in [5.74, 6) is -5.52. The molecular weight excluding hydrogens is 262 g/mol. The number of carboxylic acid groups (broad SMARTS) is 1. The summed E-state index contributed by atoms with van der Waals surface area (Å²) in [6.07, 6.45) is -0.635. The molecule has 0 aliphatic rings. The zero-order chi connectivity index (χ0) is 14.6. The molecule has 0 unspecified atom stereocenters. The molecule has 0 fully saturated rings. The fourth-order valence-electron chi connectivity index (χ4n) is 1.31. The van der Waals surface area contributed by atoms with Gasteiger partial charge in [0, 0.05) is 6.07 Å². The van der Waals surface area contributed by atoms with Crippen LogP contribution in [0.5, 0.6) is 0 Å². The number of aliphatic carboxylic acids is 1. The summed E-state index contributed by atoms with van der Waals surface area (Å²) in [5, 5.41) is 10.7. The molecule has 0 radical (unpaired) electrons. The largest absolute Gasteiger partial charge is 0.480 e. The van der Waals surface area contributed by atoms with E-state index >= 15 is 0 Å². The molecule has 0 saturated carbocycles. The SMILES string of the molecule is NC(=O)C[C@H](NC(=O)c1ccc(F)cc1F)C(=O)O. The van der Waals surface area contributed by atoms with Crippen molar-refractivity contribution in [3.05, 3.63) is 35.4 Å². The number of nitrogens with one attached hydrogen (secondary N) is 1. The van der Waals surface area contributed by atoms with Crippen LogP contribution in [0.15, 0.2) is 18.2 Å². The van der Waals surface area contributed by atoms with E-state index in [0.29, 0.717) is 6.07 Å². The molecule has 1 aromatic carbocycles. The first-order chi connectivity index (χ1) is 8.81. The summed E-state index contributed by atoms with van der Waals surface area (Å²) < 4.78 is 25.9. The van der Waals surface area contributed by atoms with Gasteiger partial charge in [-0.25, -0.2) is 13.6 Å². The fraction of sp³-hybridized carbons (Fsp3) is 0.182. The van der Waals surface area contributed by atoms with Crippen LogP contribution in [0.2, 0.25) is 0 Å². The number of primary amides is 1. The van der Waals surface area contributed by atoms with E-state index in [0.717, 1.165) is 12.1 Å². The van der Waals surface area contributed by atoms with Crippen molar-refractivity contribution in [1.82, 2.24) is 5.32 Å². The van der Waals surface area contributed by atoms with E-state index < -0.39 is 47.4 Å². The number of carbonyl (C=O) groups is 3. The number of amides is 2. The van der Waals surface area contributed by atoms with Crippen molar-refractivity contribution in [1.29, 1.82) is 0 Å². The number of benzene rings is 1. The van der Waals surface area contributed by atoms with E-state index in [1.807, 2.05) is 5.32 Å². The van der Waals surface area contributed by atoms with Crippen molar-refractivity contribution >= 4 is 17.8 Å². The Hall–Kier alpha value is -2.51. The third kappa shape index (κ3) is 4.02. The lowest BCUT2D eigenvalue weighted by Gasteiger charge is -2.13. The molecule has 0 heterocycles. The van der Waals surface area contributed by atoms with Crippen LogP contribution in [0.1, 0.15) is 16.8 Å². The molecule has 0 aliphatic heterocycles. The Kier molecular flexibility index (Phi) is 4.51. The minimum Gasteiger partial charge on any atom is -0.480 e. The van der Waals surface area contributed by atoms with E-state index in [4.69, 9.17) is 10.8 Å². The summed E-state index contributed by atoms with van der Waals surface area (Å²) in [7, 11) is 0. The van der Waals surface area contributed by atoms with E-state index in [1.165, 1.54) is 0 Å². The van der Waals surface area contributed by atoms with Gasteiger partial charge >= 0.3 is 5.97 Å². The van der Waals surface area contributed by atoms with Crippen LogP contribution in [0.25, 0.3) is 0 Å². The van der Waals surface area contributed by atoms with Gasteiger partial charge in [0.05, 0.1) is 12.0 Å². The molecule has 1 atom stereocenters. The summed E-state index contributed by atoms with van der Waals surface area (Å²) >= 11 is 0. The molecule has 0 aliphatic carbocycles. The van der Waals surface area contributed by atoms with E-state index in [2.05, 4.69) is 0 Å².